The van der Waals surface area contributed by atoms with Crippen LogP contribution in [0.2, 0.25) is 0 Å². The molecule has 3 aromatic rings. The smallest absolute Gasteiger partial charge is 0.252 e. The van der Waals surface area contributed by atoms with Gasteiger partial charge in [0.2, 0.25) is 0 Å². The lowest BCUT2D eigenvalue weighted by molar-refractivity contribution is 0.100. The van der Waals surface area contributed by atoms with Crippen molar-refractivity contribution in [3.8, 4) is 0 Å². The maximum atomic E-state index is 11.6. The summed E-state index contributed by atoms with van der Waals surface area (Å²) in [5.74, 6) is 1.19. The lowest BCUT2D eigenvalue weighted by Gasteiger charge is -2.37. The van der Waals surface area contributed by atoms with Gasteiger partial charge in [-0.05, 0) is 25.1 Å². The van der Waals surface area contributed by atoms with Crippen molar-refractivity contribution in [3.63, 3.8) is 0 Å². The van der Waals surface area contributed by atoms with Crippen LogP contribution in [0.3, 0.4) is 0 Å². The van der Waals surface area contributed by atoms with Crippen molar-refractivity contribution in [2.75, 3.05) is 36.0 Å². The van der Waals surface area contributed by atoms with Gasteiger partial charge in [-0.1, -0.05) is 0 Å². The van der Waals surface area contributed by atoms with Crippen LogP contribution >= 0.6 is 0 Å². The second kappa shape index (κ2) is 6.00. The molecular formula is C16H18N8O. The normalized spacial score (nSPS) is 14.9. The first-order valence-corrected chi connectivity index (χ1v) is 8.06. The molecule has 4 heterocycles. The van der Waals surface area contributed by atoms with Gasteiger partial charge in [-0.3, -0.25) is 9.78 Å². The highest BCUT2D eigenvalue weighted by Crippen LogP contribution is 2.22. The summed E-state index contributed by atoms with van der Waals surface area (Å²) < 4.78 is 1.75. The maximum Gasteiger partial charge on any atom is 0.252 e. The number of primary amides is 1. The van der Waals surface area contributed by atoms with Crippen LogP contribution in [0.15, 0.2) is 30.6 Å². The van der Waals surface area contributed by atoms with Crippen LogP contribution in [0, 0.1) is 6.92 Å². The molecule has 0 saturated carbocycles. The average molecular weight is 338 g/mol. The summed E-state index contributed by atoms with van der Waals surface area (Å²) in [6, 6.07) is 5.71. The molecule has 1 saturated heterocycles. The molecule has 0 spiro atoms. The van der Waals surface area contributed by atoms with Gasteiger partial charge in [-0.2, -0.15) is 4.52 Å². The van der Waals surface area contributed by atoms with Crippen LogP contribution in [-0.4, -0.2) is 56.9 Å². The Hall–Kier alpha value is -3.23. The van der Waals surface area contributed by atoms with E-state index in [1.165, 1.54) is 6.20 Å². The molecule has 1 amide bonds. The molecule has 1 aliphatic heterocycles. The van der Waals surface area contributed by atoms with Crippen molar-refractivity contribution in [3.05, 3.63) is 42.0 Å². The highest BCUT2D eigenvalue weighted by Gasteiger charge is 2.22. The third kappa shape index (κ3) is 2.73. The van der Waals surface area contributed by atoms with Crippen LogP contribution in [0.5, 0.6) is 0 Å². The van der Waals surface area contributed by atoms with Crippen molar-refractivity contribution in [2.24, 2.45) is 5.73 Å². The van der Waals surface area contributed by atoms with E-state index >= 15 is 0 Å². The molecule has 0 atom stereocenters. The van der Waals surface area contributed by atoms with Crippen LogP contribution in [0.25, 0.3) is 5.65 Å². The monoisotopic (exact) mass is 338 g/mol. The summed E-state index contributed by atoms with van der Waals surface area (Å²) in [5, 5.41) is 12.7. The minimum atomic E-state index is -0.458. The molecule has 9 heteroatoms. The Kier molecular flexibility index (Phi) is 3.68. The van der Waals surface area contributed by atoms with E-state index in [-0.39, 0.29) is 0 Å². The number of nitrogens with two attached hydrogens (primary N) is 1. The van der Waals surface area contributed by atoms with Gasteiger partial charge in [0.1, 0.15) is 5.82 Å². The van der Waals surface area contributed by atoms with E-state index in [9.17, 15) is 4.79 Å². The fourth-order valence-corrected chi connectivity index (χ4v) is 3.08. The Morgan fingerprint density at radius 2 is 1.84 bits per heavy atom. The number of carbonyl (C=O) groups is 1. The number of carbonyl (C=O) groups excluding carboxylic acids is 1. The molecule has 2 N–H and O–H groups in total. The number of fused-ring (bicyclic) bond motifs is 1. The summed E-state index contributed by atoms with van der Waals surface area (Å²) in [6.07, 6.45) is 3.20. The highest BCUT2D eigenvalue weighted by atomic mass is 16.1. The third-order valence-corrected chi connectivity index (χ3v) is 4.41. The molecule has 25 heavy (non-hydrogen) atoms. The van der Waals surface area contributed by atoms with Gasteiger partial charge in [0, 0.05) is 38.6 Å². The van der Waals surface area contributed by atoms with E-state index in [4.69, 9.17) is 5.73 Å². The van der Waals surface area contributed by atoms with Gasteiger partial charge in [0.25, 0.3) is 5.91 Å². The van der Waals surface area contributed by atoms with Crippen LogP contribution in [-0.2, 0) is 0 Å². The van der Waals surface area contributed by atoms with Crippen molar-refractivity contribution in [1.82, 2.24) is 24.8 Å². The van der Waals surface area contributed by atoms with E-state index in [0.717, 1.165) is 49.2 Å². The van der Waals surface area contributed by atoms with E-state index in [0.29, 0.717) is 5.56 Å². The zero-order valence-electron chi connectivity index (χ0n) is 13.8. The molecule has 9 nitrogen and oxygen atoms in total. The predicted molar refractivity (Wildman–Crippen MR) is 92.7 cm³/mol. The summed E-state index contributed by atoms with van der Waals surface area (Å²) in [4.78, 5) is 20.0. The van der Waals surface area contributed by atoms with Gasteiger partial charge in [0.15, 0.2) is 11.5 Å². The second-order valence-corrected chi connectivity index (χ2v) is 5.94. The SMILES string of the molecule is Cc1nnc2ccc(N3CCN(c4ccncc4C(N)=O)CC3)nn12. The molecule has 128 valence electrons. The Labute approximate surface area is 144 Å². The standard InChI is InChI=1S/C16H18N8O/c1-11-19-20-14-2-3-15(21-24(11)14)23-8-6-22(7-9-23)13-4-5-18-10-12(13)16(17)25/h2-5,10H,6-9H2,1H3,(H2,17,25). The number of aromatic nitrogens is 5. The van der Waals surface area contributed by atoms with Gasteiger partial charge in [0.05, 0.1) is 11.3 Å². The van der Waals surface area contributed by atoms with E-state index < -0.39 is 5.91 Å². The third-order valence-electron chi connectivity index (χ3n) is 4.41. The Morgan fingerprint density at radius 1 is 1.08 bits per heavy atom. The highest BCUT2D eigenvalue weighted by molar-refractivity contribution is 5.98. The Bertz CT molecular complexity index is 929. The average Bonchev–Trinajstić information content (AvgIpc) is 3.02. The molecular weight excluding hydrogens is 320 g/mol. The number of pyridine rings is 1. The maximum absolute atomic E-state index is 11.6. The quantitative estimate of drug-likeness (QED) is 0.730. The van der Waals surface area contributed by atoms with E-state index in [2.05, 4.69) is 30.1 Å². The molecule has 0 aromatic carbocycles. The number of anilines is 2. The van der Waals surface area contributed by atoms with Crippen molar-refractivity contribution >= 4 is 23.1 Å². The number of piperazine rings is 1. The van der Waals surface area contributed by atoms with E-state index in [1.807, 2.05) is 25.1 Å². The van der Waals surface area contributed by atoms with Gasteiger partial charge >= 0.3 is 0 Å². The number of amides is 1. The molecule has 4 rings (SSSR count). The van der Waals surface area contributed by atoms with Crippen molar-refractivity contribution in [2.45, 2.75) is 6.92 Å². The summed E-state index contributed by atoms with van der Waals surface area (Å²) >= 11 is 0. The summed E-state index contributed by atoms with van der Waals surface area (Å²) in [6.45, 7) is 5.00. The molecule has 1 aliphatic rings. The first kappa shape index (κ1) is 15.3. The van der Waals surface area contributed by atoms with Crippen molar-refractivity contribution in [1.29, 1.82) is 0 Å². The fraction of sp³-hybridized carbons (Fsp3) is 0.312. The molecule has 3 aromatic heterocycles. The summed E-state index contributed by atoms with van der Waals surface area (Å²) in [5.41, 5.74) is 7.48. The van der Waals surface area contributed by atoms with Crippen LogP contribution in [0.4, 0.5) is 11.5 Å². The lowest BCUT2D eigenvalue weighted by atomic mass is 10.2. The first-order chi connectivity index (χ1) is 12.1. The predicted octanol–water partition coefficient (Wildman–Crippen LogP) is 0.253. The molecule has 0 unspecified atom stereocenters. The minimum Gasteiger partial charge on any atom is -0.367 e. The summed E-state index contributed by atoms with van der Waals surface area (Å²) in [7, 11) is 0. The zero-order chi connectivity index (χ0) is 17.4. The number of hydrogen-bond donors (Lipinski definition) is 1. The number of rotatable bonds is 3. The van der Waals surface area contributed by atoms with E-state index in [1.54, 1.807) is 10.7 Å². The first-order valence-electron chi connectivity index (χ1n) is 8.06. The minimum absolute atomic E-state index is 0.454. The van der Waals surface area contributed by atoms with Crippen molar-refractivity contribution < 1.29 is 4.79 Å². The second-order valence-electron chi connectivity index (χ2n) is 5.94. The molecule has 0 bridgehead atoms. The molecule has 0 aliphatic carbocycles. The fourth-order valence-electron chi connectivity index (χ4n) is 3.08. The number of hydrogen-bond acceptors (Lipinski definition) is 7. The van der Waals surface area contributed by atoms with Gasteiger partial charge in [-0.15, -0.1) is 15.3 Å². The zero-order valence-corrected chi connectivity index (χ0v) is 13.8. The topological polar surface area (TPSA) is 106 Å². The number of aryl methyl sites for hydroxylation is 1. The Morgan fingerprint density at radius 3 is 2.60 bits per heavy atom. The molecule has 0 radical (unpaired) electrons. The van der Waals surface area contributed by atoms with Gasteiger partial charge in [-0.25, -0.2) is 0 Å². The Balaban J connectivity index is 1.53. The molecule has 1 fully saturated rings. The van der Waals surface area contributed by atoms with Crippen LogP contribution < -0.4 is 15.5 Å². The number of nitrogens with zero attached hydrogens (tertiary/aromatic N) is 7. The largest absolute Gasteiger partial charge is 0.367 e. The van der Waals surface area contributed by atoms with Crippen LogP contribution in [0.1, 0.15) is 16.2 Å². The lowest BCUT2D eigenvalue weighted by Crippen LogP contribution is -2.47. The van der Waals surface area contributed by atoms with Gasteiger partial charge < -0.3 is 15.5 Å².